The first-order valence-electron chi connectivity index (χ1n) is 53.4. The number of esters is 1. The predicted octanol–water partition coefficient (Wildman–Crippen LogP) is 24.2. The molecule has 29 nitrogen and oxygen atoms in total. The van der Waals surface area contributed by atoms with Gasteiger partial charge in [0, 0.05) is 131 Å². The highest BCUT2D eigenvalue weighted by atomic mass is 32.1. The molecule has 3 aromatic carbocycles. The number of methoxy groups -OCH3 is 5. The van der Waals surface area contributed by atoms with Crippen LogP contribution in [-0.2, 0) is 26.9 Å². The number of rotatable bonds is 51. The zero-order valence-electron chi connectivity index (χ0n) is 91.4. The first-order chi connectivity index (χ1) is 71.9. The standard InChI is InChI=1S/C40H53N5O3S.C30H42N6OS.C23H29N5OS.C22H31N5O3S/c1-6-8-10-12-14-19-25-44(26-20-15-13-11-9-7-2)36-24-23-32(49-36)29-33-37(30-21-17-16-18-22-30)43-45-39(33)41-42-40(45)34-27-31(46-3)28-35(47-4)38(34)48-5;1-9-13-18-35(12-4)26-17-15-22(38-26)20-24-27(30(5,6)7)33-36-28(31-32-29(24)36)23-19-21(34(10-2)11-3)14-16-25(23)37-8;1-6-8-13-27(7-2)19-12-11-16(30-19)15-17-20(23(3,4)5)26-28-21(17)24-25-22(28)18-10-9-14-29-18;1-5-8-12-26(7-3)19-11-10-16(31-19)14-17-20(22(28)30-13-9-6-2)25-27-18(15-29-4)23-24-21(17)27/h16-18,21-24,27-29H,6-15,19-20,25-26H2,1-5H3;14-17,19-20H,9-13,18H2,1-8H3;9-12,14-15H,6-8,13H2,1-5H3;10-11,14H,5-9,12-13,15H2,1-4H3/b33-29-;24-20-;17-15-;17-14-. The largest absolute Gasteiger partial charge is 0.497 e. The number of carbonyl (C=O) groups excluding carboxylic acids is 1. The highest BCUT2D eigenvalue weighted by Crippen LogP contribution is 2.43. The van der Waals surface area contributed by atoms with Crippen molar-refractivity contribution in [2.45, 2.75) is 264 Å². The van der Waals surface area contributed by atoms with Crippen molar-refractivity contribution in [1.82, 2.24) is 79.2 Å². The van der Waals surface area contributed by atoms with Gasteiger partial charge in [-0.15, -0.1) is 86.1 Å². The highest BCUT2D eigenvalue weighted by Gasteiger charge is 2.31. The first-order valence-corrected chi connectivity index (χ1v) is 56.6. The lowest BCUT2D eigenvalue weighted by atomic mass is 9.91. The molecule has 13 aromatic heterocycles. The summed E-state index contributed by atoms with van der Waals surface area (Å²) in [6.45, 7) is 48.3. The molecule has 0 aliphatic rings. The predicted molar refractivity (Wildman–Crippen MR) is 610 cm³/mol. The number of unbranched alkanes of at least 4 members (excludes halogenated alkanes) is 14. The fraction of sp³-hybridized carbons (Fsp3) is 0.487. The van der Waals surface area contributed by atoms with Gasteiger partial charge in [0.15, 0.2) is 63.0 Å². The minimum Gasteiger partial charge on any atom is -0.497 e. The molecule has 16 aromatic rings. The minimum absolute atomic E-state index is 0.121. The zero-order chi connectivity index (χ0) is 105. The number of furan rings is 1. The number of hydrogen-bond acceptors (Lipinski definition) is 29. The lowest BCUT2D eigenvalue weighted by Gasteiger charge is -2.23. The molecule has 13 heterocycles. The number of ether oxygens (including phenoxy) is 6. The van der Waals surface area contributed by atoms with Crippen LogP contribution in [0.25, 0.3) is 92.5 Å². The van der Waals surface area contributed by atoms with E-state index in [0.717, 1.165) is 163 Å². The molecule has 0 amide bonds. The Balaban J connectivity index is 0.000000168. The van der Waals surface area contributed by atoms with E-state index in [0.29, 0.717) is 75.0 Å². The number of fused-ring (bicyclic) bond motifs is 4. The summed E-state index contributed by atoms with van der Waals surface area (Å²) in [4.78, 5) is 29.5. The molecule has 0 saturated carbocycles. The Morgan fingerprint density at radius 2 is 0.818 bits per heavy atom. The van der Waals surface area contributed by atoms with Gasteiger partial charge in [0.25, 0.3) is 0 Å². The summed E-state index contributed by atoms with van der Waals surface area (Å²) in [5.41, 5.74) is 9.32. The molecule has 0 aliphatic carbocycles. The second-order valence-electron chi connectivity index (χ2n) is 39.0. The fourth-order valence-corrected chi connectivity index (χ4v) is 22.1. The van der Waals surface area contributed by atoms with Gasteiger partial charge in [0.1, 0.15) is 23.8 Å². The number of anilines is 5. The summed E-state index contributed by atoms with van der Waals surface area (Å²) in [5.74, 6) is 5.13. The van der Waals surface area contributed by atoms with Crippen molar-refractivity contribution in [2.75, 3.05) is 132 Å². The van der Waals surface area contributed by atoms with Crippen molar-refractivity contribution in [1.29, 1.82) is 0 Å². The number of hydrogen-bond donors (Lipinski definition) is 0. The van der Waals surface area contributed by atoms with Gasteiger partial charge in [-0.2, -0.15) is 38.5 Å². The van der Waals surface area contributed by atoms with E-state index in [-0.39, 0.29) is 23.1 Å². The zero-order valence-corrected chi connectivity index (χ0v) is 94.6. The molecule has 148 heavy (non-hydrogen) atoms. The number of thiophene rings is 4. The Labute approximate surface area is 889 Å². The summed E-state index contributed by atoms with van der Waals surface area (Å²) in [6.07, 6.45) is 34.8. The van der Waals surface area contributed by atoms with Gasteiger partial charge in [0.05, 0.1) is 94.3 Å². The van der Waals surface area contributed by atoms with Gasteiger partial charge < -0.3 is 57.3 Å². The smallest absolute Gasteiger partial charge is 0.359 e. The summed E-state index contributed by atoms with van der Waals surface area (Å²) < 4.78 is 46.0. The van der Waals surface area contributed by atoms with Crippen molar-refractivity contribution in [3.63, 3.8) is 0 Å². The van der Waals surface area contributed by atoms with Crippen molar-refractivity contribution in [3.05, 3.63) is 191 Å². The van der Waals surface area contributed by atoms with Crippen molar-refractivity contribution >= 4 is 124 Å². The SMILES string of the molecule is CCCCCCCCN(CCCCCCCC)c1ccc(/C=c2/c(-c3ccccc3)nn3c(-c4cc(OC)cc(OC)c4OC)nnc23)s1.CCCCN(CC)c1ccc(/C=c2/c(C(C)(C)C)nn3c(-c4cc(N(CC)CC)ccc4OC)nnc23)s1.CCCCN(CC)c1ccc(/C=c2/c(C(C)(C)C)nn3c(-c4ccco4)nnc23)s1.CCCCOC(=O)c1nn2c(COC)nnc2/c1=C\c1ccc(N(CC)CCCC)s1. The van der Waals surface area contributed by atoms with Crippen LogP contribution in [0.2, 0.25) is 0 Å². The Kier molecular flexibility index (Phi) is 42.0. The second-order valence-corrected chi connectivity index (χ2v) is 43.4. The third-order valence-electron chi connectivity index (χ3n) is 26.2. The van der Waals surface area contributed by atoms with Crippen LogP contribution < -0.4 is 64.3 Å². The van der Waals surface area contributed by atoms with Crippen LogP contribution >= 0.6 is 45.3 Å². The molecule has 33 heteroatoms. The average Bonchev–Trinajstić information content (AvgIpc) is 1.34. The molecule has 0 atom stereocenters. The summed E-state index contributed by atoms with van der Waals surface area (Å²) in [6, 6.07) is 41.5. The average molecular weight is 2090 g/mol. The molecule has 0 unspecified atom stereocenters. The molecule has 0 fully saturated rings. The van der Waals surface area contributed by atoms with Gasteiger partial charge >= 0.3 is 5.97 Å². The van der Waals surface area contributed by atoms with Gasteiger partial charge in [-0.05, 0) is 182 Å². The Bertz CT molecular complexity index is 7040. The van der Waals surface area contributed by atoms with E-state index in [1.165, 1.54) is 137 Å². The minimum atomic E-state index is -0.441. The monoisotopic (exact) mass is 2090 g/mol. The maximum absolute atomic E-state index is 12.7. The fourth-order valence-electron chi connectivity index (χ4n) is 18.0. The van der Waals surface area contributed by atoms with E-state index in [4.69, 9.17) is 48.1 Å². The van der Waals surface area contributed by atoms with Crippen molar-refractivity contribution in [2.24, 2.45) is 0 Å². The van der Waals surface area contributed by atoms with Gasteiger partial charge in [0.2, 0.25) is 5.82 Å². The highest BCUT2D eigenvalue weighted by molar-refractivity contribution is 7.18. The van der Waals surface area contributed by atoms with Crippen LogP contribution in [0, 0.1) is 0 Å². The third-order valence-corrected chi connectivity index (χ3v) is 30.6. The molecular weight excluding hydrogens is 1930 g/mol. The molecule has 0 radical (unpaired) electrons. The number of carbonyl (C=O) groups is 1. The van der Waals surface area contributed by atoms with Crippen LogP contribution in [0.1, 0.15) is 293 Å². The molecular formula is C115H155N21O8S4. The Morgan fingerprint density at radius 3 is 1.28 bits per heavy atom. The van der Waals surface area contributed by atoms with E-state index < -0.39 is 5.97 Å². The Morgan fingerprint density at radius 1 is 0.378 bits per heavy atom. The van der Waals surface area contributed by atoms with Crippen LogP contribution in [0.4, 0.5) is 25.7 Å². The normalized spacial score (nSPS) is 12.3. The van der Waals surface area contributed by atoms with Crippen molar-refractivity contribution < 1.29 is 37.6 Å². The first kappa shape index (κ1) is 113. The quantitative estimate of drug-likeness (QED) is 0.0253. The van der Waals surface area contributed by atoms with Crippen LogP contribution in [0.15, 0.2) is 132 Å². The second kappa shape index (κ2) is 55.2. The number of aromatic nitrogens is 16. The van der Waals surface area contributed by atoms with E-state index >= 15 is 0 Å². The van der Waals surface area contributed by atoms with Crippen molar-refractivity contribution in [3.8, 4) is 68.6 Å². The van der Waals surface area contributed by atoms with E-state index in [1.807, 2.05) is 91.6 Å². The van der Waals surface area contributed by atoms with E-state index in [1.54, 1.807) is 68.2 Å². The maximum Gasteiger partial charge on any atom is 0.359 e. The Hall–Kier alpha value is -12.4. The molecule has 0 bridgehead atoms. The van der Waals surface area contributed by atoms with Crippen LogP contribution in [-0.4, -0.2) is 193 Å². The van der Waals surface area contributed by atoms with Crippen LogP contribution in [0.5, 0.6) is 23.0 Å². The molecule has 0 aliphatic heterocycles. The number of benzene rings is 3. The summed E-state index contributed by atoms with van der Waals surface area (Å²) >= 11 is 7.17. The lowest BCUT2D eigenvalue weighted by Crippen LogP contribution is -2.24. The summed E-state index contributed by atoms with van der Waals surface area (Å²) in [7, 11) is 8.14. The van der Waals surface area contributed by atoms with Crippen LogP contribution in [0.3, 0.4) is 0 Å². The lowest BCUT2D eigenvalue weighted by molar-refractivity contribution is 0.0490. The van der Waals surface area contributed by atoms with Gasteiger partial charge in [-0.1, -0.05) is 203 Å². The van der Waals surface area contributed by atoms with E-state index in [9.17, 15) is 4.79 Å². The topological polar surface area (TPSA) is 274 Å². The third kappa shape index (κ3) is 28.0. The molecule has 0 spiro atoms. The summed E-state index contributed by atoms with van der Waals surface area (Å²) in [5, 5.41) is 64.1. The molecule has 0 N–H and O–H groups in total. The van der Waals surface area contributed by atoms with E-state index in [2.05, 4.69) is 279 Å². The van der Waals surface area contributed by atoms with Gasteiger partial charge in [-0.25, -0.2) is 4.79 Å². The maximum atomic E-state index is 12.7. The molecule has 792 valence electrons. The van der Waals surface area contributed by atoms with Gasteiger partial charge in [-0.3, -0.25) is 0 Å². The molecule has 0 saturated heterocycles. The number of nitrogens with zero attached hydrogens (tertiary/aromatic N) is 21. The molecule has 16 rings (SSSR count).